The largest absolute Gasteiger partial charge is 0.367 e. The van der Waals surface area contributed by atoms with Crippen LogP contribution < -0.4 is 0 Å². The van der Waals surface area contributed by atoms with Gasteiger partial charge in [0.05, 0.1) is 22.6 Å². The third-order valence-electron chi connectivity index (χ3n) is 5.03. The lowest BCUT2D eigenvalue weighted by atomic mass is 10.0. The van der Waals surface area contributed by atoms with E-state index in [1.165, 1.54) is 0 Å². The maximum absolute atomic E-state index is 12.1. The van der Waals surface area contributed by atoms with Crippen LogP contribution in [0.5, 0.6) is 0 Å². The van der Waals surface area contributed by atoms with E-state index in [-0.39, 0.29) is 11.7 Å². The molecule has 2 aromatic carbocycles. The number of allylic oxidation sites excluding steroid dienone is 1. The maximum Gasteiger partial charge on any atom is 0.364 e. The Morgan fingerprint density at radius 3 is 2.44 bits per heavy atom. The number of benzene rings is 2. The average Bonchev–Trinajstić information content (AvgIpc) is 3.11. The number of rotatable bonds is 2. The fourth-order valence-electron chi connectivity index (χ4n) is 3.82. The number of ketones is 1. The smallest absolute Gasteiger partial charge is 0.364 e. The highest BCUT2D eigenvalue weighted by atomic mass is 32.2. The van der Waals surface area contributed by atoms with Gasteiger partial charge in [0.1, 0.15) is 0 Å². The second kappa shape index (κ2) is 4.71. The number of hydrogen-bond donors (Lipinski definition) is 1. The number of carbonyl (C=O) groups is 1. The number of carbonyl (C=O) groups excluding carboxylic acids is 1. The highest BCUT2D eigenvalue weighted by Gasteiger charge is 2.45. The van der Waals surface area contributed by atoms with Crippen LogP contribution in [0.15, 0.2) is 48.2 Å². The van der Waals surface area contributed by atoms with E-state index in [1.807, 2.05) is 24.3 Å². The molecule has 0 aliphatic carbocycles. The summed E-state index contributed by atoms with van der Waals surface area (Å²) in [5.41, 5.74) is 2.39. The summed E-state index contributed by atoms with van der Waals surface area (Å²) in [5, 5.41) is 1.45. The van der Waals surface area contributed by atoms with Crippen LogP contribution in [0.2, 0.25) is 0 Å². The molecule has 3 aromatic rings. The molecule has 3 aliphatic rings. The predicted molar refractivity (Wildman–Crippen MR) is 94.4 cm³/mol. The summed E-state index contributed by atoms with van der Waals surface area (Å²) in [5.74, 6) is 0.317. The Kier molecular flexibility index (Phi) is 2.77. The average molecular weight is 354 g/mol. The van der Waals surface area contributed by atoms with Crippen molar-refractivity contribution < 1.29 is 17.8 Å². The summed E-state index contributed by atoms with van der Waals surface area (Å²) in [6.45, 7) is 1.60. The van der Waals surface area contributed by atoms with Gasteiger partial charge in [-0.2, -0.15) is 8.42 Å². The summed E-state index contributed by atoms with van der Waals surface area (Å²) < 4.78 is 34.2. The molecule has 4 heterocycles. The molecule has 1 N–H and O–H groups in total. The standard InChI is InChI=1S/C18H14N2O4S/c21-18-12-9-19(10-12)17(18)8-11-5-6-16-14(7-11)13-3-1-2-4-15(13)20(16)25(22,23)24/h1-8,12H,9-10H2,(H,22,23,24)/b17-8-. The minimum atomic E-state index is -4.42. The van der Waals surface area contributed by atoms with Crippen LogP contribution >= 0.6 is 0 Å². The molecule has 3 aliphatic heterocycles. The first-order chi connectivity index (χ1) is 11.9. The molecule has 2 bridgehead atoms. The van der Waals surface area contributed by atoms with E-state index in [1.54, 1.807) is 24.3 Å². The normalized spacial score (nSPS) is 19.3. The van der Waals surface area contributed by atoms with Gasteiger partial charge in [0.25, 0.3) is 0 Å². The molecule has 0 unspecified atom stereocenters. The second-order valence-electron chi connectivity index (χ2n) is 6.53. The topological polar surface area (TPSA) is 79.6 Å². The van der Waals surface area contributed by atoms with Gasteiger partial charge >= 0.3 is 10.3 Å². The fraction of sp³-hybridized carbons (Fsp3) is 0.167. The summed E-state index contributed by atoms with van der Waals surface area (Å²) in [7, 11) is -4.42. The third kappa shape index (κ3) is 1.99. The van der Waals surface area contributed by atoms with Crippen LogP contribution in [0, 0.1) is 5.92 Å². The van der Waals surface area contributed by atoms with Crippen molar-refractivity contribution in [2.45, 2.75) is 0 Å². The van der Waals surface area contributed by atoms with Gasteiger partial charge < -0.3 is 4.90 Å². The van der Waals surface area contributed by atoms with Crippen molar-refractivity contribution in [1.29, 1.82) is 0 Å². The maximum atomic E-state index is 12.1. The monoisotopic (exact) mass is 354 g/mol. The minimum Gasteiger partial charge on any atom is -0.367 e. The number of para-hydroxylation sites is 1. The first-order valence-electron chi connectivity index (χ1n) is 7.95. The molecule has 0 radical (unpaired) electrons. The van der Waals surface area contributed by atoms with Crippen molar-refractivity contribution in [2.75, 3.05) is 13.1 Å². The van der Waals surface area contributed by atoms with E-state index in [9.17, 15) is 17.8 Å². The Labute approximate surface area is 143 Å². The molecular formula is C18H14N2O4S. The number of aromatic nitrogens is 1. The number of fused-ring (bicyclic) bond motifs is 4. The van der Waals surface area contributed by atoms with Crippen LogP contribution in [-0.2, 0) is 15.1 Å². The van der Waals surface area contributed by atoms with Crippen molar-refractivity contribution in [1.82, 2.24) is 8.87 Å². The van der Waals surface area contributed by atoms with E-state index in [2.05, 4.69) is 4.90 Å². The zero-order valence-corrected chi connectivity index (χ0v) is 13.9. The van der Waals surface area contributed by atoms with Crippen molar-refractivity contribution in [3.05, 3.63) is 53.7 Å². The molecule has 7 heteroatoms. The number of Topliss-reactive ketones (excluding diaryl/α,β-unsaturated/α-hetero) is 1. The first-order valence-corrected chi connectivity index (χ1v) is 9.35. The molecule has 0 amide bonds. The van der Waals surface area contributed by atoms with Gasteiger partial charge in [-0.25, -0.2) is 3.97 Å². The zero-order valence-electron chi connectivity index (χ0n) is 13.1. The predicted octanol–water partition coefficient (Wildman–Crippen LogP) is 2.30. The van der Waals surface area contributed by atoms with E-state index >= 15 is 0 Å². The molecule has 1 aromatic heterocycles. The Hall–Kier alpha value is -2.64. The Bertz CT molecular complexity index is 1200. The van der Waals surface area contributed by atoms with Crippen molar-refractivity contribution in [3.63, 3.8) is 0 Å². The SMILES string of the molecule is O=C1/C(=C/c2ccc3c(c2)c2ccccc2n3S(=O)(=O)O)N2CC1C2. The number of nitrogens with zero attached hydrogens (tertiary/aromatic N) is 2. The molecule has 3 saturated heterocycles. The van der Waals surface area contributed by atoms with Crippen LogP contribution in [0.3, 0.4) is 0 Å². The molecule has 25 heavy (non-hydrogen) atoms. The molecule has 0 atom stereocenters. The molecule has 126 valence electrons. The van der Waals surface area contributed by atoms with E-state index in [0.717, 1.165) is 39.1 Å². The van der Waals surface area contributed by atoms with E-state index < -0.39 is 10.3 Å². The summed E-state index contributed by atoms with van der Waals surface area (Å²) in [6.07, 6.45) is 1.86. The zero-order chi connectivity index (χ0) is 17.3. The Morgan fingerprint density at radius 1 is 1.04 bits per heavy atom. The van der Waals surface area contributed by atoms with Gasteiger partial charge in [-0.3, -0.25) is 9.35 Å². The second-order valence-corrected chi connectivity index (χ2v) is 7.79. The minimum absolute atomic E-state index is 0.136. The van der Waals surface area contributed by atoms with Gasteiger partial charge in [0, 0.05) is 23.9 Å². The molecular weight excluding hydrogens is 340 g/mol. The molecule has 0 spiro atoms. The van der Waals surface area contributed by atoms with Crippen LogP contribution in [0.4, 0.5) is 0 Å². The van der Waals surface area contributed by atoms with Gasteiger partial charge in [-0.1, -0.05) is 24.3 Å². The quantitative estimate of drug-likeness (QED) is 0.564. The molecule has 6 nitrogen and oxygen atoms in total. The lowest BCUT2D eigenvalue weighted by Crippen LogP contribution is -2.35. The van der Waals surface area contributed by atoms with Gasteiger partial charge in [0.2, 0.25) is 0 Å². The lowest BCUT2D eigenvalue weighted by Gasteiger charge is -2.26. The highest BCUT2D eigenvalue weighted by molar-refractivity contribution is 7.84. The van der Waals surface area contributed by atoms with Crippen LogP contribution in [0.25, 0.3) is 27.9 Å². The van der Waals surface area contributed by atoms with Crippen molar-refractivity contribution in [3.8, 4) is 0 Å². The van der Waals surface area contributed by atoms with Crippen molar-refractivity contribution in [2.24, 2.45) is 5.92 Å². The number of hydrogen-bond acceptors (Lipinski definition) is 4. The van der Waals surface area contributed by atoms with Gasteiger partial charge in [-0.15, -0.1) is 0 Å². The van der Waals surface area contributed by atoms with Gasteiger partial charge in [0.15, 0.2) is 5.78 Å². The summed E-state index contributed by atoms with van der Waals surface area (Å²) in [6, 6.07) is 12.3. The summed E-state index contributed by atoms with van der Waals surface area (Å²) >= 11 is 0. The Morgan fingerprint density at radius 2 is 1.76 bits per heavy atom. The van der Waals surface area contributed by atoms with E-state index in [4.69, 9.17) is 0 Å². The van der Waals surface area contributed by atoms with Crippen LogP contribution in [0.1, 0.15) is 5.56 Å². The summed E-state index contributed by atoms with van der Waals surface area (Å²) in [4.78, 5) is 14.2. The molecule has 0 saturated carbocycles. The molecule has 3 fully saturated rings. The first kappa shape index (κ1) is 14.7. The van der Waals surface area contributed by atoms with E-state index in [0.29, 0.717) is 11.0 Å². The van der Waals surface area contributed by atoms with Gasteiger partial charge in [-0.05, 0) is 29.8 Å². The van der Waals surface area contributed by atoms with Crippen molar-refractivity contribution >= 4 is 44.0 Å². The molecule has 6 rings (SSSR count). The third-order valence-corrected chi connectivity index (χ3v) is 5.89. The fourth-order valence-corrected chi connectivity index (χ4v) is 4.64. The Balaban J connectivity index is 1.77. The lowest BCUT2D eigenvalue weighted by molar-refractivity contribution is -0.116. The highest BCUT2D eigenvalue weighted by Crippen LogP contribution is 2.36. The van der Waals surface area contributed by atoms with Crippen LogP contribution in [-0.4, -0.2) is 40.7 Å².